The number of benzene rings is 2. The Labute approximate surface area is 217 Å². The highest BCUT2D eigenvalue weighted by atomic mass is 32.1. The number of rotatable bonds is 10. The Morgan fingerprint density at radius 2 is 1.86 bits per heavy atom. The Morgan fingerprint density at radius 3 is 2.61 bits per heavy atom. The summed E-state index contributed by atoms with van der Waals surface area (Å²) in [7, 11) is 1.58. The average Bonchev–Trinajstić information content (AvgIpc) is 3.39. The maximum atomic E-state index is 13.7. The van der Waals surface area contributed by atoms with E-state index < -0.39 is 0 Å². The van der Waals surface area contributed by atoms with Gasteiger partial charge in [0, 0.05) is 23.5 Å². The molecule has 0 spiro atoms. The van der Waals surface area contributed by atoms with Crippen LogP contribution < -0.4 is 9.47 Å². The van der Waals surface area contributed by atoms with Crippen LogP contribution in [-0.4, -0.2) is 55.0 Å². The van der Waals surface area contributed by atoms with Crippen LogP contribution in [0.25, 0.3) is 0 Å². The minimum atomic E-state index is -0.188. The highest BCUT2D eigenvalue weighted by Crippen LogP contribution is 2.34. The third kappa shape index (κ3) is 6.26. The summed E-state index contributed by atoms with van der Waals surface area (Å²) in [5.41, 5.74) is 1.66. The predicted octanol–water partition coefficient (Wildman–Crippen LogP) is 5.45. The number of methoxy groups -OCH3 is 1. The molecule has 3 aromatic rings. The van der Waals surface area contributed by atoms with E-state index in [2.05, 4.69) is 25.3 Å². The molecule has 2 aromatic carbocycles. The number of ether oxygens (including phenoxy) is 2. The Kier molecular flexibility index (Phi) is 8.65. The summed E-state index contributed by atoms with van der Waals surface area (Å²) in [6, 6.07) is 18.7. The molecule has 1 aliphatic rings. The molecule has 1 atom stereocenters. The summed E-state index contributed by atoms with van der Waals surface area (Å²) in [5.74, 6) is 1.59. The Morgan fingerprint density at radius 1 is 1.08 bits per heavy atom. The predicted molar refractivity (Wildman–Crippen MR) is 143 cm³/mol. The van der Waals surface area contributed by atoms with Gasteiger partial charge in [-0.1, -0.05) is 38.1 Å². The summed E-state index contributed by atoms with van der Waals surface area (Å²) < 4.78 is 11.4. The van der Waals surface area contributed by atoms with Crippen LogP contribution in [0.2, 0.25) is 0 Å². The quantitative estimate of drug-likeness (QED) is 0.367. The number of carbonyl (C=O) groups excluding carboxylic acids is 2. The van der Waals surface area contributed by atoms with E-state index >= 15 is 0 Å². The van der Waals surface area contributed by atoms with E-state index in [1.54, 1.807) is 41.5 Å². The molecule has 6 nitrogen and oxygen atoms in total. The zero-order valence-corrected chi connectivity index (χ0v) is 22.0. The fourth-order valence-corrected chi connectivity index (χ4v) is 5.35. The smallest absolute Gasteiger partial charge is 0.254 e. The van der Waals surface area contributed by atoms with Gasteiger partial charge in [0.1, 0.15) is 24.7 Å². The highest BCUT2D eigenvalue weighted by Gasteiger charge is 2.33. The molecule has 0 radical (unpaired) electrons. The first-order valence-corrected chi connectivity index (χ1v) is 13.3. The number of fused-ring (bicyclic) bond motifs is 1. The van der Waals surface area contributed by atoms with Crippen molar-refractivity contribution in [3.63, 3.8) is 0 Å². The SMILES string of the molecule is COc1cccc(C(=O)N(CCC(C)C)CC(=O)N2CCc3sccc3C2COc2ccccc2)c1. The van der Waals surface area contributed by atoms with Gasteiger partial charge >= 0.3 is 0 Å². The molecule has 0 N–H and O–H groups in total. The number of amides is 2. The third-order valence-corrected chi connectivity index (χ3v) is 7.47. The van der Waals surface area contributed by atoms with E-state index in [1.807, 2.05) is 41.3 Å². The molecule has 36 heavy (non-hydrogen) atoms. The van der Waals surface area contributed by atoms with E-state index in [4.69, 9.17) is 9.47 Å². The van der Waals surface area contributed by atoms with Gasteiger partial charge in [-0.25, -0.2) is 0 Å². The van der Waals surface area contributed by atoms with Gasteiger partial charge in [-0.3, -0.25) is 9.59 Å². The van der Waals surface area contributed by atoms with Crippen molar-refractivity contribution in [3.8, 4) is 11.5 Å². The molecular formula is C29H34N2O4S. The maximum absolute atomic E-state index is 13.7. The lowest BCUT2D eigenvalue weighted by atomic mass is 10.00. The van der Waals surface area contributed by atoms with Crippen molar-refractivity contribution in [2.24, 2.45) is 5.92 Å². The number of hydrogen-bond acceptors (Lipinski definition) is 5. The summed E-state index contributed by atoms with van der Waals surface area (Å²) in [4.78, 5) is 32.1. The zero-order valence-electron chi connectivity index (χ0n) is 21.2. The van der Waals surface area contributed by atoms with Gasteiger partial charge in [-0.05, 0) is 66.1 Å². The molecule has 190 valence electrons. The summed E-state index contributed by atoms with van der Waals surface area (Å²) in [5, 5.41) is 2.08. The molecule has 0 saturated carbocycles. The van der Waals surface area contributed by atoms with E-state index in [-0.39, 0.29) is 24.4 Å². The van der Waals surface area contributed by atoms with Crippen LogP contribution in [0.1, 0.15) is 47.1 Å². The zero-order chi connectivity index (χ0) is 25.5. The molecule has 4 rings (SSSR count). The van der Waals surface area contributed by atoms with Crippen molar-refractivity contribution in [1.29, 1.82) is 0 Å². The fourth-order valence-electron chi connectivity index (χ4n) is 4.43. The Balaban J connectivity index is 1.53. The lowest BCUT2D eigenvalue weighted by Gasteiger charge is -2.37. The first-order valence-electron chi connectivity index (χ1n) is 12.4. The van der Waals surface area contributed by atoms with Gasteiger partial charge in [0.25, 0.3) is 5.91 Å². The van der Waals surface area contributed by atoms with E-state index in [0.717, 1.165) is 24.2 Å². The van der Waals surface area contributed by atoms with Gasteiger partial charge < -0.3 is 19.3 Å². The minimum absolute atomic E-state index is 0.0318. The van der Waals surface area contributed by atoms with Crippen molar-refractivity contribution in [3.05, 3.63) is 82.0 Å². The second kappa shape index (κ2) is 12.1. The highest BCUT2D eigenvalue weighted by molar-refractivity contribution is 7.10. The molecule has 0 bridgehead atoms. The number of thiophene rings is 1. The van der Waals surface area contributed by atoms with Crippen LogP contribution >= 0.6 is 11.3 Å². The Hall–Kier alpha value is -3.32. The van der Waals surface area contributed by atoms with E-state index in [9.17, 15) is 9.59 Å². The standard InChI is InChI=1S/C29H34N2O4S/c1-21(2)12-15-30(29(33)22-8-7-11-24(18-22)34-3)19-28(32)31-16-13-27-25(14-17-36-27)26(31)20-35-23-9-5-4-6-10-23/h4-11,14,17-18,21,26H,12-13,15-16,19-20H2,1-3H3. The van der Waals surface area contributed by atoms with Crippen molar-refractivity contribution < 1.29 is 19.1 Å². The minimum Gasteiger partial charge on any atom is -0.497 e. The first-order chi connectivity index (χ1) is 17.5. The lowest BCUT2D eigenvalue weighted by Crippen LogP contribution is -2.48. The number of para-hydroxylation sites is 1. The Bertz CT molecular complexity index is 1160. The van der Waals surface area contributed by atoms with Gasteiger partial charge in [-0.15, -0.1) is 11.3 Å². The molecule has 2 amide bonds. The van der Waals surface area contributed by atoms with Crippen LogP contribution in [0.4, 0.5) is 0 Å². The van der Waals surface area contributed by atoms with Crippen LogP contribution in [0, 0.1) is 5.92 Å². The third-order valence-electron chi connectivity index (χ3n) is 6.47. The number of carbonyl (C=O) groups is 2. The normalized spacial score (nSPS) is 14.9. The van der Waals surface area contributed by atoms with Crippen molar-refractivity contribution >= 4 is 23.2 Å². The van der Waals surface area contributed by atoms with Crippen molar-refractivity contribution in [2.75, 3.05) is 33.4 Å². The molecule has 0 fully saturated rings. The van der Waals surface area contributed by atoms with Gasteiger partial charge in [0.05, 0.1) is 13.2 Å². The molecule has 1 aromatic heterocycles. The van der Waals surface area contributed by atoms with Crippen LogP contribution in [0.15, 0.2) is 66.0 Å². The van der Waals surface area contributed by atoms with Crippen molar-refractivity contribution in [2.45, 2.75) is 32.7 Å². The monoisotopic (exact) mass is 506 g/mol. The van der Waals surface area contributed by atoms with E-state index in [1.165, 1.54) is 4.88 Å². The number of hydrogen-bond donors (Lipinski definition) is 0. The average molecular weight is 507 g/mol. The molecule has 1 aliphatic heterocycles. The fraction of sp³-hybridized carbons (Fsp3) is 0.379. The summed E-state index contributed by atoms with van der Waals surface area (Å²) in [6.45, 7) is 5.77. The van der Waals surface area contributed by atoms with Crippen molar-refractivity contribution in [1.82, 2.24) is 9.80 Å². The summed E-state index contributed by atoms with van der Waals surface area (Å²) >= 11 is 1.73. The van der Waals surface area contributed by atoms with Gasteiger partial charge in [0.15, 0.2) is 0 Å². The van der Waals surface area contributed by atoms with Crippen LogP contribution in [0.3, 0.4) is 0 Å². The van der Waals surface area contributed by atoms with Crippen LogP contribution in [-0.2, 0) is 11.2 Å². The molecule has 0 saturated heterocycles. The lowest BCUT2D eigenvalue weighted by molar-refractivity contribution is -0.135. The first kappa shape index (κ1) is 25.8. The molecular weight excluding hydrogens is 472 g/mol. The second-order valence-corrected chi connectivity index (χ2v) is 10.4. The molecule has 7 heteroatoms. The molecule has 2 heterocycles. The van der Waals surface area contributed by atoms with Crippen LogP contribution in [0.5, 0.6) is 11.5 Å². The summed E-state index contributed by atoms with van der Waals surface area (Å²) in [6.07, 6.45) is 1.63. The largest absolute Gasteiger partial charge is 0.497 e. The van der Waals surface area contributed by atoms with E-state index in [0.29, 0.717) is 36.9 Å². The number of nitrogens with zero attached hydrogens (tertiary/aromatic N) is 2. The second-order valence-electron chi connectivity index (χ2n) is 9.42. The van der Waals surface area contributed by atoms with Gasteiger partial charge in [-0.2, -0.15) is 0 Å². The molecule has 0 aliphatic carbocycles. The topological polar surface area (TPSA) is 59.1 Å². The van der Waals surface area contributed by atoms with Gasteiger partial charge in [0.2, 0.25) is 5.91 Å². The molecule has 1 unspecified atom stereocenters. The maximum Gasteiger partial charge on any atom is 0.254 e.